The van der Waals surface area contributed by atoms with E-state index in [9.17, 15) is 19.7 Å². The Bertz CT molecular complexity index is 1350. The van der Waals surface area contributed by atoms with E-state index in [0.717, 1.165) is 6.54 Å². The summed E-state index contributed by atoms with van der Waals surface area (Å²) in [5, 5.41) is 13.7. The third-order valence-electron chi connectivity index (χ3n) is 6.32. The van der Waals surface area contributed by atoms with Gasteiger partial charge in [0.15, 0.2) is 0 Å². The fourth-order valence-corrected chi connectivity index (χ4v) is 4.86. The summed E-state index contributed by atoms with van der Waals surface area (Å²) in [6, 6.07) is 11.8. The van der Waals surface area contributed by atoms with Crippen molar-refractivity contribution in [2.24, 2.45) is 0 Å². The molecule has 4 rings (SSSR count). The van der Waals surface area contributed by atoms with Crippen LogP contribution in [0.5, 0.6) is 0 Å². The number of benzene rings is 2. The number of piperazine rings is 1. The van der Waals surface area contributed by atoms with Crippen LogP contribution >= 0.6 is 23.2 Å². The zero-order chi connectivity index (χ0) is 26.0. The van der Waals surface area contributed by atoms with E-state index in [0.29, 0.717) is 65.7 Å². The van der Waals surface area contributed by atoms with Gasteiger partial charge >= 0.3 is 11.2 Å². The molecular weight excluding hydrogens is 505 g/mol. The van der Waals surface area contributed by atoms with Crippen LogP contribution in [0.4, 0.5) is 11.4 Å². The number of pyridine rings is 1. The molecule has 1 saturated heterocycles. The fraction of sp³-hybridized carbons (Fsp3) is 0.360. The number of fused-ring (bicyclic) bond motifs is 1. The standard InChI is InChI=1S/C25H27Cl2N5O4/c1-28(2)10-3-11-31-21-9-8-19(27)16-20(21)22(23(25(31)34)32(35)36)29-12-14-30(15-13-29)24(33)17-4-6-18(26)7-5-17/h4-9,16H,3,10-15H2,1-2H3. The summed E-state index contributed by atoms with van der Waals surface area (Å²) in [4.78, 5) is 43.4. The number of hydrogen-bond donors (Lipinski definition) is 0. The number of rotatable bonds is 7. The maximum absolute atomic E-state index is 13.4. The van der Waals surface area contributed by atoms with E-state index in [-0.39, 0.29) is 11.6 Å². The molecule has 0 N–H and O–H groups in total. The molecule has 2 aromatic carbocycles. The zero-order valence-corrected chi connectivity index (χ0v) is 21.6. The monoisotopic (exact) mass is 531 g/mol. The molecule has 1 fully saturated rings. The summed E-state index contributed by atoms with van der Waals surface area (Å²) in [5.74, 6) is -0.134. The van der Waals surface area contributed by atoms with Gasteiger partial charge in [-0.3, -0.25) is 19.7 Å². The molecule has 0 aliphatic carbocycles. The number of nitrogens with zero attached hydrogens (tertiary/aromatic N) is 5. The number of nitro groups is 1. The van der Waals surface area contributed by atoms with Crippen molar-refractivity contribution in [2.45, 2.75) is 13.0 Å². The maximum atomic E-state index is 13.4. The molecule has 3 aromatic rings. The first-order valence-electron chi connectivity index (χ1n) is 11.6. The fourth-order valence-electron chi connectivity index (χ4n) is 4.56. The summed E-state index contributed by atoms with van der Waals surface area (Å²) in [6.45, 7) is 2.47. The van der Waals surface area contributed by atoms with Crippen molar-refractivity contribution in [3.63, 3.8) is 0 Å². The Kier molecular flexibility index (Phi) is 7.82. The van der Waals surface area contributed by atoms with Crippen LogP contribution in [0.2, 0.25) is 10.0 Å². The van der Waals surface area contributed by atoms with Crippen LogP contribution in [0.3, 0.4) is 0 Å². The van der Waals surface area contributed by atoms with Gasteiger partial charge in [-0.05, 0) is 69.5 Å². The van der Waals surface area contributed by atoms with Gasteiger partial charge in [-0.1, -0.05) is 23.2 Å². The maximum Gasteiger partial charge on any atom is 0.357 e. The molecule has 0 bridgehead atoms. The molecule has 2 heterocycles. The third kappa shape index (κ3) is 5.33. The van der Waals surface area contributed by atoms with Gasteiger partial charge in [-0.2, -0.15) is 0 Å². The van der Waals surface area contributed by atoms with Crippen molar-refractivity contribution in [1.29, 1.82) is 0 Å². The molecule has 0 spiro atoms. The highest BCUT2D eigenvalue weighted by Gasteiger charge is 2.32. The van der Waals surface area contributed by atoms with Gasteiger partial charge in [-0.25, -0.2) is 0 Å². The number of carbonyl (C=O) groups excluding carboxylic acids is 1. The average Bonchev–Trinajstić information content (AvgIpc) is 2.84. The van der Waals surface area contributed by atoms with Gasteiger partial charge in [0, 0.05) is 53.7 Å². The zero-order valence-electron chi connectivity index (χ0n) is 20.1. The van der Waals surface area contributed by atoms with Crippen LogP contribution in [0.1, 0.15) is 16.8 Å². The molecule has 1 amide bonds. The quantitative estimate of drug-likeness (QED) is 0.336. The predicted octanol–water partition coefficient (Wildman–Crippen LogP) is 4.13. The normalized spacial score (nSPS) is 14.0. The molecule has 36 heavy (non-hydrogen) atoms. The lowest BCUT2D eigenvalue weighted by atomic mass is 10.1. The van der Waals surface area contributed by atoms with Crippen LogP contribution in [-0.4, -0.2) is 72.0 Å². The lowest BCUT2D eigenvalue weighted by Gasteiger charge is -2.36. The first kappa shape index (κ1) is 25.9. The summed E-state index contributed by atoms with van der Waals surface area (Å²) >= 11 is 12.2. The van der Waals surface area contributed by atoms with E-state index in [1.165, 1.54) is 4.57 Å². The highest BCUT2D eigenvalue weighted by Crippen LogP contribution is 2.36. The van der Waals surface area contributed by atoms with Gasteiger partial charge in [0.2, 0.25) is 0 Å². The molecule has 0 atom stereocenters. The lowest BCUT2D eigenvalue weighted by Crippen LogP contribution is -2.49. The number of carbonyl (C=O) groups is 1. The van der Waals surface area contributed by atoms with Gasteiger partial charge in [0.05, 0.1) is 10.4 Å². The number of aromatic nitrogens is 1. The second kappa shape index (κ2) is 10.9. The number of anilines is 1. The van der Waals surface area contributed by atoms with Gasteiger partial charge in [-0.15, -0.1) is 0 Å². The van der Waals surface area contributed by atoms with Crippen LogP contribution in [0.15, 0.2) is 47.3 Å². The molecular formula is C25H27Cl2N5O4. The number of aryl methyl sites for hydroxylation is 1. The molecule has 1 aromatic heterocycles. The summed E-state index contributed by atoms with van der Waals surface area (Å²) in [6.07, 6.45) is 0.659. The molecule has 1 aliphatic heterocycles. The summed E-state index contributed by atoms with van der Waals surface area (Å²) in [5.41, 5.74) is 0.278. The summed E-state index contributed by atoms with van der Waals surface area (Å²) < 4.78 is 1.47. The molecule has 0 unspecified atom stereocenters. The highest BCUT2D eigenvalue weighted by molar-refractivity contribution is 6.31. The predicted molar refractivity (Wildman–Crippen MR) is 143 cm³/mol. The van der Waals surface area contributed by atoms with Gasteiger partial charge in [0.1, 0.15) is 5.69 Å². The molecule has 0 radical (unpaired) electrons. The van der Waals surface area contributed by atoms with Crippen LogP contribution in [0.25, 0.3) is 10.9 Å². The Hall–Kier alpha value is -3.14. The summed E-state index contributed by atoms with van der Waals surface area (Å²) in [7, 11) is 3.87. The first-order chi connectivity index (χ1) is 17.2. The largest absolute Gasteiger partial charge is 0.362 e. The van der Waals surface area contributed by atoms with Crippen molar-refractivity contribution in [3.8, 4) is 0 Å². The molecule has 1 aliphatic rings. The van der Waals surface area contributed by atoms with Gasteiger partial charge < -0.3 is 19.3 Å². The smallest absolute Gasteiger partial charge is 0.357 e. The minimum absolute atomic E-state index is 0.134. The van der Waals surface area contributed by atoms with Crippen molar-refractivity contribution >= 4 is 51.4 Å². The Morgan fingerprint density at radius 2 is 1.67 bits per heavy atom. The lowest BCUT2D eigenvalue weighted by molar-refractivity contribution is -0.385. The van der Waals surface area contributed by atoms with Crippen molar-refractivity contribution in [3.05, 3.63) is 78.5 Å². The molecule has 11 heteroatoms. The minimum atomic E-state index is -0.636. The second-order valence-corrected chi connectivity index (χ2v) is 9.89. The number of hydrogen-bond acceptors (Lipinski definition) is 6. The third-order valence-corrected chi connectivity index (χ3v) is 6.81. The van der Waals surface area contributed by atoms with Crippen LogP contribution < -0.4 is 10.5 Å². The topological polar surface area (TPSA) is 91.9 Å². The second-order valence-electron chi connectivity index (χ2n) is 9.02. The highest BCUT2D eigenvalue weighted by atomic mass is 35.5. The van der Waals surface area contributed by atoms with E-state index in [1.807, 2.05) is 23.9 Å². The van der Waals surface area contributed by atoms with Crippen LogP contribution in [0, 0.1) is 10.1 Å². The van der Waals surface area contributed by atoms with E-state index < -0.39 is 16.2 Å². The van der Waals surface area contributed by atoms with Gasteiger partial charge in [0.25, 0.3) is 5.91 Å². The SMILES string of the molecule is CN(C)CCCn1c(=O)c([N+](=O)[O-])c(N2CCN(C(=O)c3ccc(Cl)cc3)CC2)c2cc(Cl)ccc21. The Morgan fingerprint density at radius 3 is 2.28 bits per heavy atom. The van der Waals surface area contributed by atoms with Crippen molar-refractivity contribution < 1.29 is 9.72 Å². The van der Waals surface area contributed by atoms with E-state index in [2.05, 4.69) is 0 Å². The van der Waals surface area contributed by atoms with Crippen LogP contribution in [-0.2, 0) is 6.54 Å². The Balaban J connectivity index is 1.69. The first-order valence-corrected chi connectivity index (χ1v) is 12.4. The molecule has 0 saturated carbocycles. The molecule has 190 valence electrons. The Labute approximate surface area is 218 Å². The minimum Gasteiger partial charge on any atom is -0.362 e. The number of amides is 1. The number of halogens is 2. The Morgan fingerprint density at radius 1 is 1.03 bits per heavy atom. The average molecular weight is 532 g/mol. The van der Waals surface area contributed by atoms with Crippen molar-refractivity contribution in [2.75, 3.05) is 51.7 Å². The van der Waals surface area contributed by atoms with E-state index in [1.54, 1.807) is 47.4 Å². The van der Waals surface area contributed by atoms with E-state index in [4.69, 9.17) is 23.2 Å². The molecule has 9 nitrogen and oxygen atoms in total. The van der Waals surface area contributed by atoms with E-state index >= 15 is 0 Å². The van der Waals surface area contributed by atoms with Crippen molar-refractivity contribution in [1.82, 2.24) is 14.4 Å².